The summed E-state index contributed by atoms with van der Waals surface area (Å²) in [5, 5.41) is 3.85. The van der Waals surface area contributed by atoms with E-state index < -0.39 is 0 Å². The molecule has 0 saturated heterocycles. The molecule has 0 N–H and O–H groups in total. The van der Waals surface area contributed by atoms with E-state index >= 15 is 0 Å². The zero-order chi connectivity index (χ0) is 15.1. The van der Waals surface area contributed by atoms with Gasteiger partial charge in [-0.05, 0) is 61.2 Å². The molecule has 112 valence electrons. The Kier molecular flexibility index (Phi) is 5.64. The molecule has 1 atom stereocenters. The van der Waals surface area contributed by atoms with Crippen LogP contribution in [0, 0.1) is 0 Å². The van der Waals surface area contributed by atoms with E-state index in [0.717, 1.165) is 18.4 Å². The van der Waals surface area contributed by atoms with Crippen molar-refractivity contribution in [3.05, 3.63) is 45.3 Å². The van der Waals surface area contributed by atoms with E-state index in [-0.39, 0.29) is 18.4 Å². The van der Waals surface area contributed by atoms with E-state index in [1.54, 1.807) is 6.92 Å². The number of carbonyl (C=O) groups excluding carboxylic acids is 1. The van der Waals surface area contributed by atoms with Crippen LogP contribution < -0.4 is 0 Å². The molecule has 0 heterocycles. The Bertz CT molecular complexity index is 550. The molecule has 0 saturated carbocycles. The average Bonchev–Trinajstić information content (AvgIpc) is 2.51. The number of hydrogen-bond acceptors (Lipinski definition) is 3. The van der Waals surface area contributed by atoms with Crippen molar-refractivity contribution in [1.29, 1.82) is 0 Å². The Labute approximate surface area is 124 Å². The summed E-state index contributed by atoms with van der Waals surface area (Å²) in [7, 11) is 0. The number of fused-ring (bicyclic) bond motifs is 1. The molecule has 1 aliphatic carbocycles. The Morgan fingerprint density at radius 2 is 2.14 bits per heavy atom. The lowest BCUT2D eigenvalue weighted by molar-refractivity contribution is -0.143. The molecule has 0 radical (unpaired) electrons. The number of aryl methyl sites for hydroxylation is 2. The van der Waals surface area contributed by atoms with E-state index in [1.807, 2.05) is 6.07 Å². The van der Waals surface area contributed by atoms with E-state index in [4.69, 9.17) is 10.3 Å². The minimum Gasteiger partial charge on any atom is -0.466 e. The van der Waals surface area contributed by atoms with Gasteiger partial charge in [-0.2, -0.15) is 0 Å². The van der Waals surface area contributed by atoms with Crippen LogP contribution in [-0.2, 0) is 22.4 Å². The SMILES string of the molecule is CCOC(=O)CCC(N=[N+]=[N-])c1ccc2c(c1)CCCC2. The molecule has 0 bridgehead atoms. The van der Waals surface area contributed by atoms with Gasteiger partial charge in [0.2, 0.25) is 0 Å². The molecule has 0 aromatic heterocycles. The van der Waals surface area contributed by atoms with Gasteiger partial charge in [0.15, 0.2) is 0 Å². The Morgan fingerprint density at radius 1 is 1.38 bits per heavy atom. The van der Waals surface area contributed by atoms with Crippen LogP contribution in [0.15, 0.2) is 23.3 Å². The maximum atomic E-state index is 11.5. The molecule has 1 aromatic carbocycles. The van der Waals surface area contributed by atoms with Crippen LogP contribution >= 0.6 is 0 Å². The lowest BCUT2D eigenvalue weighted by atomic mass is 9.88. The van der Waals surface area contributed by atoms with Gasteiger partial charge in [-0.15, -0.1) is 0 Å². The molecule has 1 aromatic rings. The number of rotatable bonds is 6. The van der Waals surface area contributed by atoms with Gasteiger partial charge in [0, 0.05) is 11.3 Å². The van der Waals surface area contributed by atoms with Crippen molar-refractivity contribution in [3.63, 3.8) is 0 Å². The molecule has 1 aliphatic rings. The first-order chi connectivity index (χ1) is 10.2. The minimum atomic E-state index is -0.299. The predicted octanol–water partition coefficient (Wildman–Crippen LogP) is 4.26. The van der Waals surface area contributed by atoms with Crippen LogP contribution in [0.1, 0.15) is 55.3 Å². The van der Waals surface area contributed by atoms with Crippen molar-refractivity contribution in [2.24, 2.45) is 5.11 Å². The highest BCUT2D eigenvalue weighted by molar-refractivity contribution is 5.69. The molecular weight excluding hydrogens is 266 g/mol. The summed E-state index contributed by atoms with van der Waals surface area (Å²) in [6.45, 7) is 2.16. The van der Waals surface area contributed by atoms with Gasteiger partial charge in [-0.1, -0.05) is 23.3 Å². The average molecular weight is 287 g/mol. The first-order valence-corrected chi connectivity index (χ1v) is 7.56. The third kappa shape index (κ3) is 4.23. The van der Waals surface area contributed by atoms with Crippen LogP contribution in [-0.4, -0.2) is 12.6 Å². The lowest BCUT2D eigenvalue weighted by Gasteiger charge is -2.19. The molecule has 0 fully saturated rings. The van der Waals surface area contributed by atoms with Crippen molar-refractivity contribution in [2.45, 2.75) is 51.5 Å². The number of hydrogen-bond donors (Lipinski definition) is 0. The van der Waals surface area contributed by atoms with Crippen LogP contribution in [0.5, 0.6) is 0 Å². The highest BCUT2D eigenvalue weighted by Crippen LogP contribution is 2.29. The second-order valence-electron chi connectivity index (χ2n) is 5.30. The lowest BCUT2D eigenvalue weighted by Crippen LogP contribution is -2.08. The molecule has 0 amide bonds. The normalized spacial score (nSPS) is 14.7. The summed E-state index contributed by atoms with van der Waals surface area (Å²) in [5.74, 6) is -0.242. The summed E-state index contributed by atoms with van der Waals surface area (Å²) in [5.41, 5.74) is 12.5. The number of azide groups is 1. The fraction of sp³-hybridized carbons (Fsp3) is 0.562. The van der Waals surface area contributed by atoms with Crippen LogP contribution in [0.2, 0.25) is 0 Å². The van der Waals surface area contributed by atoms with Crippen LogP contribution in [0.4, 0.5) is 0 Å². The fourth-order valence-electron chi connectivity index (χ4n) is 2.80. The molecule has 5 nitrogen and oxygen atoms in total. The van der Waals surface area contributed by atoms with Crippen molar-refractivity contribution in [2.75, 3.05) is 6.61 Å². The van der Waals surface area contributed by atoms with Gasteiger partial charge in [0.25, 0.3) is 0 Å². The fourth-order valence-corrected chi connectivity index (χ4v) is 2.80. The topological polar surface area (TPSA) is 75.1 Å². The smallest absolute Gasteiger partial charge is 0.305 e. The summed E-state index contributed by atoms with van der Waals surface area (Å²) >= 11 is 0. The molecule has 0 aliphatic heterocycles. The number of esters is 1. The van der Waals surface area contributed by atoms with E-state index in [0.29, 0.717) is 13.0 Å². The van der Waals surface area contributed by atoms with Crippen molar-refractivity contribution in [1.82, 2.24) is 0 Å². The summed E-state index contributed by atoms with van der Waals surface area (Å²) < 4.78 is 4.92. The highest BCUT2D eigenvalue weighted by Gasteiger charge is 2.16. The predicted molar refractivity (Wildman–Crippen MR) is 80.8 cm³/mol. The molecule has 21 heavy (non-hydrogen) atoms. The largest absolute Gasteiger partial charge is 0.466 e. The van der Waals surface area contributed by atoms with Crippen LogP contribution in [0.25, 0.3) is 10.4 Å². The zero-order valence-corrected chi connectivity index (χ0v) is 12.4. The van der Waals surface area contributed by atoms with Crippen molar-refractivity contribution in [3.8, 4) is 0 Å². The van der Waals surface area contributed by atoms with Gasteiger partial charge < -0.3 is 4.74 Å². The van der Waals surface area contributed by atoms with E-state index in [2.05, 4.69) is 22.2 Å². The molecule has 1 unspecified atom stereocenters. The van der Waals surface area contributed by atoms with Gasteiger partial charge in [0.1, 0.15) is 0 Å². The quantitative estimate of drug-likeness (QED) is 0.339. The van der Waals surface area contributed by atoms with Gasteiger partial charge >= 0.3 is 5.97 Å². The Morgan fingerprint density at radius 3 is 2.86 bits per heavy atom. The standard InChI is InChI=1S/C16H21N3O2/c1-2-21-16(20)10-9-15(18-19-17)14-8-7-12-5-3-4-6-13(12)11-14/h7-8,11,15H,2-6,9-10H2,1H3. The molecule has 2 rings (SSSR count). The monoisotopic (exact) mass is 287 g/mol. The third-order valence-electron chi connectivity index (χ3n) is 3.88. The maximum absolute atomic E-state index is 11.5. The first-order valence-electron chi connectivity index (χ1n) is 7.56. The second kappa shape index (κ2) is 7.70. The van der Waals surface area contributed by atoms with Crippen molar-refractivity contribution < 1.29 is 9.53 Å². The Balaban J connectivity index is 2.10. The second-order valence-corrected chi connectivity index (χ2v) is 5.30. The zero-order valence-electron chi connectivity index (χ0n) is 12.4. The van der Waals surface area contributed by atoms with Gasteiger partial charge in [-0.25, -0.2) is 0 Å². The van der Waals surface area contributed by atoms with E-state index in [9.17, 15) is 4.79 Å². The first kappa shape index (κ1) is 15.4. The number of ether oxygens (including phenoxy) is 1. The summed E-state index contributed by atoms with van der Waals surface area (Å²) in [6.07, 6.45) is 5.44. The van der Waals surface area contributed by atoms with Gasteiger partial charge in [0.05, 0.1) is 12.6 Å². The number of carbonyl (C=O) groups is 1. The van der Waals surface area contributed by atoms with Crippen LogP contribution in [0.3, 0.4) is 0 Å². The summed E-state index contributed by atoms with van der Waals surface area (Å²) in [4.78, 5) is 14.4. The number of benzene rings is 1. The van der Waals surface area contributed by atoms with Crippen molar-refractivity contribution >= 4 is 5.97 Å². The van der Waals surface area contributed by atoms with Gasteiger partial charge in [-0.3, -0.25) is 4.79 Å². The van der Waals surface area contributed by atoms with E-state index in [1.165, 1.54) is 24.0 Å². The highest BCUT2D eigenvalue weighted by atomic mass is 16.5. The minimum absolute atomic E-state index is 0.242. The number of nitrogens with zero attached hydrogens (tertiary/aromatic N) is 3. The molecule has 0 spiro atoms. The Hall–Kier alpha value is -2.00. The maximum Gasteiger partial charge on any atom is 0.305 e. The molecule has 5 heteroatoms. The third-order valence-corrected chi connectivity index (χ3v) is 3.88. The molecular formula is C16H21N3O2. The summed E-state index contributed by atoms with van der Waals surface area (Å²) in [6, 6.07) is 5.99.